The lowest BCUT2D eigenvalue weighted by Gasteiger charge is -2.12. The lowest BCUT2D eigenvalue weighted by Crippen LogP contribution is -2.33. The summed E-state index contributed by atoms with van der Waals surface area (Å²) in [5, 5.41) is 25.6. The Morgan fingerprint density at radius 3 is 2.75 bits per heavy atom. The smallest absolute Gasteiger partial charge is 0.220 e. The van der Waals surface area contributed by atoms with Crippen LogP contribution in [0, 0.1) is 19.8 Å². The van der Waals surface area contributed by atoms with E-state index in [2.05, 4.69) is 10.5 Å². The van der Waals surface area contributed by atoms with Gasteiger partial charge >= 0.3 is 0 Å². The lowest BCUT2D eigenvalue weighted by molar-refractivity contribution is -0.121. The Kier molecular flexibility index (Phi) is 4.77. The van der Waals surface area contributed by atoms with Crippen molar-refractivity contribution >= 4 is 5.91 Å². The Labute approximate surface area is 118 Å². The fourth-order valence-electron chi connectivity index (χ4n) is 2.81. The Bertz CT molecular complexity index is 452. The Morgan fingerprint density at radius 2 is 2.20 bits per heavy atom. The molecule has 1 heterocycles. The first-order chi connectivity index (χ1) is 9.51. The van der Waals surface area contributed by atoms with Crippen LogP contribution in [-0.4, -0.2) is 40.0 Å². The molecule has 0 bridgehead atoms. The Balaban J connectivity index is 1.79. The predicted octanol–water partition coefficient (Wildman–Crippen LogP) is 0.472. The molecule has 3 N–H and O–H groups in total. The van der Waals surface area contributed by atoms with Gasteiger partial charge in [-0.25, -0.2) is 0 Å². The van der Waals surface area contributed by atoms with E-state index in [1.165, 1.54) is 0 Å². The van der Waals surface area contributed by atoms with E-state index >= 15 is 0 Å². The largest absolute Gasteiger partial charge is 0.396 e. The summed E-state index contributed by atoms with van der Waals surface area (Å²) in [6.45, 7) is 3.67. The van der Waals surface area contributed by atoms with Gasteiger partial charge in [0.1, 0.15) is 5.76 Å². The molecule has 112 valence electrons. The van der Waals surface area contributed by atoms with Crippen LogP contribution in [0.15, 0.2) is 4.52 Å². The summed E-state index contributed by atoms with van der Waals surface area (Å²) in [6.07, 6.45) is 1.61. The van der Waals surface area contributed by atoms with Crippen molar-refractivity contribution < 1.29 is 19.5 Å². The van der Waals surface area contributed by atoms with Crippen molar-refractivity contribution in [3.63, 3.8) is 0 Å². The van der Waals surface area contributed by atoms with Crippen LogP contribution in [0.4, 0.5) is 0 Å². The minimum Gasteiger partial charge on any atom is -0.396 e. The molecule has 1 aromatic rings. The SMILES string of the molecule is Cc1noc(C)c1CCC(=O)N[C@@H]1C[C@@H](CO)[C@H](O)C1. The third-order valence-electron chi connectivity index (χ3n) is 4.04. The number of aromatic nitrogens is 1. The van der Waals surface area contributed by atoms with Gasteiger partial charge in [0.2, 0.25) is 5.91 Å². The van der Waals surface area contributed by atoms with Gasteiger partial charge in [0.05, 0.1) is 11.8 Å². The van der Waals surface area contributed by atoms with E-state index in [-0.39, 0.29) is 24.5 Å². The van der Waals surface area contributed by atoms with Gasteiger partial charge in [-0.1, -0.05) is 5.16 Å². The van der Waals surface area contributed by atoms with Crippen molar-refractivity contribution in [2.45, 2.75) is 51.7 Å². The molecule has 0 aromatic carbocycles. The van der Waals surface area contributed by atoms with Crippen LogP contribution >= 0.6 is 0 Å². The molecule has 1 amide bonds. The van der Waals surface area contributed by atoms with Gasteiger partial charge in [0, 0.05) is 30.6 Å². The van der Waals surface area contributed by atoms with Gasteiger partial charge in [0.15, 0.2) is 0 Å². The molecule has 6 nitrogen and oxygen atoms in total. The molecule has 1 saturated carbocycles. The molecule has 1 fully saturated rings. The third kappa shape index (κ3) is 3.37. The fourth-order valence-corrected chi connectivity index (χ4v) is 2.81. The van der Waals surface area contributed by atoms with Crippen molar-refractivity contribution in [2.75, 3.05) is 6.61 Å². The highest BCUT2D eigenvalue weighted by atomic mass is 16.5. The number of amides is 1. The summed E-state index contributed by atoms with van der Waals surface area (Å²) >= 11 is 0. The first-order valence-electron chi connectivity index (χ1n) is 7.01. The van der Waals surface area contributed by atoms with E-state index in [1.807, 2.05) is 13.8 Å². The molecule has 0 unspecified atom stereocenters. The summed E-state index contributed by atoms with van der Waals surface area (Å²) in [5.41, 5.74) is 1.81. The summed E-state index contributed by atoms with van der Waals surface area (Å²) < 4.78 is 5.06. The van der Waals surface area contributed by atoms with Crippen LogP contribution < -0.4 is 5.32 Å². The molecule has 2 rings (SSSR count). The molecule has 1 aromatic heterocycles. The normalized spacial score (nSPS) is 25.9. The number of hydrogen-bond donors (Lipinski definition) is 3. The molecule has 1 aliphatic rings. The number of aryl methyl sites for hydroxylation is 2. The predicted molar refractivity (Wildman–Crippen MR) is 72.0 cm³/mol. The molecule has 0 aliphatic heterocycles. The highest BCUT2D eigenvalue weighted by molar-refractivity contribution is 5.76. The first kappa shape index (κ1) is 15.0. The zero-order chi connectivity index (χ0) is 14.7. The zero-order valence-electron chi connectivity index (χ0n) is 11.9. The molecular formula is C14H22N2O4. The highest BCUT2D eigenvalue weighted by Crippen LogP contribution is 2.25. The number of aliphatic hydroxyl groups excluding tert-OH is 2. The van der Waals surface area contributed by atoms with Gasteiger partial charge in [-0.3, -0.25) is 4.79 Å². The van der Waals surface area contributed by atoms with Crippen LogP contribution in [-0.2, 0) is 11.2 Å². The average molecular weight is 282 g/mol. The lowest BCUT2D eigenvalue weighted by atomic mass is 10.1. The van der Waals surface area contributed by atoms with Gasteiger partial charge < -0.3 is 20.1 Å². The van der Waals surface area contributed by atoms with Crippen molar-refractivity contribution in [3.05, 3.63) is 17.0 Å². The van der Waals surface area contributed by atoms with Crippen molar-refractivity contribution in [1.29, 1.82) is 0 Å². The maximum atomic E-state index is 11.9. The molecule has 0 radical (unpaired) electrons. The highest BCUT2D eigenvalue weighted by Gasteiger charge is 2.33. The fraction of sp³-hybridized carbons (Fsp3) is 0.714. The Hall–Kier alpha value is -1.40. The van der Waals surface area contributed by atoms with Crippen LogP contribution in [0.5, 0.6) is 0 Å². The van der Waals surface area contributed by atoms with Gasteiger partial charge in [0.25, 0.3) is 0 Å². The Morgan fingerprint density at radius 1 is 1.45 bits per heavy atom. The van der Waals surface area contributed by atoms with Crippen LogP contribution in [0.25, 0.3) is 0 Å². The van der Waals surface area contributed by atoms with Crippen molar-refractivity contribution in [2.24, 2.45) is 5.92 Å². The third-order valence-corrected chi connectivity index (χ3v) is 4.04. The molecule has 0 saturated heterocycles. The van der Waals surface area contributed by atoms with Crippen LogP contribution in [0.2, 0.25) is 0 Å². The number of hydrogen-bond acceptors (Lipinski definition) is 5. The van der Waals surface area contributed by atoms with Crippen LogP contribution in [0.1, 0.15) is 36.3 Å². The second-order valence-electron chi connectivity index (χ2n) is 5.55. The number of nitrogens with one attached hydrogen (secondary N) is 1. The number of rotatable bonds is 5. The second-order valence-corrected chi connectivity index (χ2v) is 5.55. The number of carbonyl (C=O) groups is 1. The number of nitrogens with zero attached hydrogens (tertiary/aromatic N) is 1. The van der Waals surface area contributed by atoms with E-state index in [0.29, 0.717) is 25.7 Å². The molecule has 3 atom stereocenters. The van der Waals surface area contributed by atoms with E-state index in [1.54, 1.807) is 0 Å². The van der Waals surface area contributed by atoms with E-state index in [0.717, 1.165) is 17.0 Å². The minimum absolute atomic E-state index is 0.0351. The number of aliphatic hydroxyl groups is 2. The summed E-state index contributed by atoms with van der Waals surface area (Å²) in [4.78, 5) is 11.9. The summed E-state index contributed by atoms with van der Waals surface area (Å²) in [6, 6.07) is -0.0423. The minimum atomic E-state index is -0.520. The van der Waals surface area contributed by atoms with Crippen LogP contribution in [0.3, 0.4) is 0 Å². The molecule has 6 heteroatoms. The molecule has 1 aliphatic carbocycles. The quantitative estimate of drug-likeness (QED) is 0.729. The van der Waals surface area contributed by atoms with Gasteiger partial charge in [-0.15, -0.1) is 0 Å². The molecule has 20 heavy (non-hydrogen) atoms. The number of carbonyl (C=O) groups excluding carboxylic acids is 1. The topological polar surface area (TPSA) is 95.6 Å². The van der Waals surface area contributed by atoms with Gasteiger partial charge in [-0.2, -0.15) is 0 Å². The molecular weight excluding hydrogens is 260 g/mol. The monoisotopic (exact) mass is 282 g/mol. The first-order valence-corrected chi connectivity index (χ1v) is 7.01. The maximum Gasteiger partial charge on any atom is 0.220 e. The van der Waals surface area contributed by atoms with Gasteiger partial charge in [-0.05, 0) is 33.1 Å². The van der Waals surface area contributed by atoms with Crippen molar-refractivity contribution in [3.8, 4) is 0 Å². The standard InChI is InChI=1S/C14H22N2O4/c1-8-12(9(2)20-16-8)3-4-14(19)15-11-5-10(7-17)13(18)6-11/h10-11,13,17-18H,3-7H2,1-2H3,(H,15,19)/t10-,11+,13+/m0/s1. The van der Waals surface area contributed by atoms with E-state index in [4.69, 9.17) is 9.63 Å². The van der Waals surface area contributed by atoms with E-state index in [9.17, 15) is 9.90 Å². The second kappa shape index (κ2) is 6.37. The maximum absolute atomic E-state index is 11.9. The zero-order valence-corrected chi connectivity index (χ0v) is 11.9. The summed E-state index contributed by atoms with van der Waals surface area (Å²) in [7, 11) is 0. The summed E-state index contributed by atoms with van der Waals surface area (Å²) in [5.74, 6) is 0.593. The molecule has 0 spiro atoms. The average Bonchev–Trinajstić information content (AvgIpc) is 2.91. The van der Waals surface area contributed by atoms with Crippen molar-refractivity contribution in [1.82, 2.24) is 10.5 Å². The van der Waals surface area contributed by atoms with E-state index < -0.39 is 6.10 Å².